The van der Waals surface area contributed by atoms with Crippen molar-refractivity contribution in [1.82, 2.24) is 4.57 Å². The van der Waals surface area contributed by atoms with Gasteiger partial charge in [-0.3, -0.25) is 9.36 Å². The zero-order chi connectivity index (χ0) is 29.8. The van der Waals surface area contributed by atoms with E-state index in [0.29, 0.717) is 38.7 Å². The Balaban J connectivity index is 1.79. The van der Waals surface area contributed by atoms with Crippen LogP contribution >= 0.6 is 27.3 Å². The van der Waals surface area contributed by atoms with Crippen molar-refractivity contribution in [2.24, 2.45) is 4.99 Å². The molecule has 3 aromatic carbocycles. The van der Waals surface area contributed by atoms with Crippen molar-refractivity contribution in [3.05, 3.63) is 119 Å². The number of thiazole rings is 1. The summed E-state index contributed by atoms with van der Waals surface area (Å²) in [6.07, 6.45) is 1.78. The minimum Gasteiger partial charge on any atom is -0.494 e. The first-order chi connectivity index (χ1) is 20.3. The molecule has 5 rings (SSSR count). The van der Waals surface area contributed by atoms with Crippen LogP contribution in [0.15, 0.2) is 92.6 Å². The minimum absolute atomic E-state index is 0.0419. The lowest BCUT2D eigenvalue weighted by Crippen LogP contribution is -2.40. The molecule has 0 saturated heterocycles. The van der Waals surface area contributed by atoms with Crippen LogP contribution in [0.5, 0.6) is 11.5 Å². The molecule has 1 aromatic heterocycles. The van der Waals surface area contributed by atoms with Crippen LogP contribution in [0.1, 0.15) is 50.4 Å². The third kappa shape index (κ3) is 6.12. The molecule has 7 nitrogen and oxygen atoms in total. The molecule has 42 heavy (non-hydrogen) atoms. The quantitative estimate of drug-likeness (QED) is 0.212. The summed E-state index contributed by atoms with van der Waals surface area (Å²) in [6.45, 7) is 8.31. The predicted octanol–water partition coefficient (Wildman–Crippen LogP) is 5.88. The van der Waals surface area contributed by atoms with Gasteiger partial charge in [0.25, 0.3) is 5.56 Å². The van der Waals surface area contributed by atoms with Gasteiger partial charge in [0.15, 0.2) is 4.80 Å². The van der Waals surface area contributed by atoms with Crippen molar-refractivity contribution >= 4 is 45.0 Å². The fourth-order valence-electron chi connectivity index (χ4n) is 4.80. The number of hydrogen-bond donors (Lipinski definition) is 0. The second-order valence-corrected chi connectivity index (χ2v) is 11.7. The third-order valence-electron chi connectivity index (χ3n) is 6.50. The number of nitrogens with zero attached hydrogens (tertiary/aromatic N) is 2. The van der Waals surface area contributed by atoms with Crippen molar-refractivity contribution < 1.29 is 19.0 Å². The molecule has 0 N–H and O–H groups in total. The topological polar surface area (TPSA) is 79.1 Å². The van der Waals surface area contributed by atoms with Gasteiger partial charge in [0.2, 0.25) is 0 Å². The first-order valence-electron chi connectivity index (χ1n) is 13.8. The van der Waals surface area contributed by atoms with E-state index in [0.717, 1.165) is 21.2 Å². The van der Waals surface area contributed by atoms with Crippen molar-refractivity contribution in [1.29, 1.82) is 0 Å². The molecule has 0 amide bonds. The summed E-state index contributed by atoms with van der Waals surface area (Å²) in [5.41, 5.74) is 2.78. The van der Waals surface area contributed by atoms with Crippen LogP contribution in [0.2, 0.25) is 0 Å². The standard InChI is InChI=1S/C33H31BrN2O5S/c1-5-39-25-15-12-22(13-16-25)30-28(32(38)40-6-2)29(21-10-8-7-9-11-21)35-33-36(30)31(37)27(42-33)19-23-18-24(34)14-17-26(23)41-20(3)4/h7-20,30H,5-6H2,1-4H3/b27-19-/t30-/m1/s1. The Kier molecular flexibility index (Phi) is 9.09. The highest BCUT2D eigenvalue weighted by atomic mass is 79.9. The molecule has 0 spiro atoms. The average molecular weight is 648 g/mol. The van der Waals surface area contributed by atoms with E-state index in [1.807, 2.05) is 99.6 Å². The number of esters is 1. The van der Waals surface area contributed by atoms with E-state index in [1.54, 1.807) is 11.5 Å². The molecule has 2 heterocycles. The molecule has 0 bridgehead atoms. The molecule has 216 valence electrons. The van der Waals surface area contributed by atoms with Crippen LogP contribution in [0.3, 0.4) is 0 Å². The fraction of sp³-hybridized carbons (Fsp3) is 0.242. The lowest BCUT2D eigenvalue weighted by atomic mass is 9.93. The van der Waals surface area contributed by atoms with Gasteiger partial charge < -0.3 is 14.2 Å². The highest BCUT2D eigenvalue weighted by Gasteiger charge is 2.35. The van der Waals surface area contributed by atoms with Gasteiger partial charge in [-0.2, -0.15) is 0 Å². The summed E-state index contributed by atoms with van der Waals surface area (Å²) >= 11 is 4.81. The molecule has 1 aliphatic rings. The monoisotopic (exact) mass is 646 g/mol. The summed E-state index contributed by atoms with van der Waals surface area (Å²) < 4.78 is 20.1. The normalized spacial score (nSPS) is 14.9. The lowest BCUT2D eigenvalue weighted by Gasteiger charge is -2.26. The van der Waals surface area contributed by atoms with E-state index in [2.05, 4.69) is 15.9 Å². The highest BCUT2D eigenvalue weighted by Crippen LogP contribution is 2.36. The van der Waals surface area contributed by atoms with E-state index in [-0.39, 0.29) is 18.3 Å². The van der Waals surface area contributed by atoms with Crippen LogP contribution in [-0.4, -0.2) is 29.9 Å². The van der Waals surface area contributed by atoms with Crippen LogP contribution in [0.25, 0.3) is 11.8 Å². The van der Waals surface area contributed by atoms with E-state index >= 15 is 0 Å². The molecule has 1 aliphatic heterocycles. The number of carbonyl (C=O) groups is 1. The molecule has 0 saturated carbocycles. The van der Waals surface area contributed by atoms with Crippen LogP contribution in [0, 0.1) is 0 Å². The Morgan fingerprint density at radius 1 is 1.05 bits per heavy atom. The first kappa shape index (κ1) is 29.5. The maximum Gasteiger partial charge on any atom is 0.338 e. The maximum absolute atomic E-state index is 14.2. The number of aromatic nitrogens is 1. The smallest absolute Gasteiger partial charge is 0.338 e. The molecule has 0 aliphatic carbocycles. The van der Waals surface area contributed by atoms with Gasteiger partial charge in [-0.1, -0.05) is 69.7 Å². The molecule has 9 heteroatoms. The Labute approximate surface area is 256 Å². The number of halogens is 1. The number of rotatable bonds is 9. The lowest BCUT2D eigenvalue weighted by molar-refractivity contribution is -0.138. The van der Waals surface area contributed by atoms with E-state index in [1.165, 1.54) is 11.3 Å². The zero-order valence-corrected chi connectivity index (χ0v) is 26.2. The second-order valence-electron chi connectivity index (χ2n) is 9.78. The largest absolute Gasteiger partial charge is 0.494 e. The van der Waals surface area contributed by atoms with Crippen LogP contribution in [0.4, 0.5) is 0 Å². The Hall–Kier alpha value is -3.95. The molecule has 0 radical (unpaired) electrons. The molecule has 4 aromatic rings. The Morgan fingerprint density at radius 3 is 2.45 bits per heavy atom. The summed E-state index contributed by atoms with van der Waals surface area (Å²) in [5.74, 6) is 0.845. The first-order valence-corrected chi connectivity index (χ1v) is 15.4. The summed E-state index contributed by atoms with van der Waals surface area (Å²) in [6, 6.07) is 21.9. The van der Waals surface area contributed by atoms with Crippen LogP contribution in [-0.2, 0) is 9.53 Å². The molecule has 0 unspecified atom stereocenters. The average Bonchev–Trinajstić information content (AvgIpc) is 3.29. The summed E-state index contributed by atoms with van der Waals surface area (Å²) in [4.78, 5) is 33.2. The number of carbonyl (C=O) groups excluding carboxylic acids is 1. The van der Waals surface area contributed by atoms with Gasteiger partial charge in [0.1, 0.15) is 11.5 Å². The van der Waals surface area contributed by atoms with Gasteiger partial charge in [-0.05, 0) is 69.7 Å². The molecule has 1 atom stereocenters. The minimum atomic E-state index is -0.762. The predicted molar refractivity (Wildman–Crippen MR) is 169 cm³/mol. The number of fused-ring (bicyclic) bond motifs is 1. The van der Waals surface area contributed by atoms with E-state index < -0.39 is 12.0 Å². The molecule has 0 fully saturated rings. The van der Waals surface area contributed by atoms with Crippen LogP contribution < -0.4 is 24.4 Å². The summed E-state index contributed by atoms with van der Waals surface area (Å²) in [7, 11) is 0. The SMILES string of the molecule is CCOC(=O)C1=C(c2ccccc2)N=c2s/c(=C\c3cc(Br)ccc3OC(C)C)c(=O)n2[C@@H]1c1ccc(OCC)cc1. The van der Waals surface area contributed by atoms with E-state index in [4.69, 9.17) is 19.2 Å². The zero-order valence-electron chi connectivity index (χ0n) is 23.8. The van der Waals surface area contributed by atoms with Crippen molar-refractivity contribution in [3.8, 4) is 11.5 Å². The number of benzene rings is 3. The fourth-order valence-corrected chi connectivity index (χ4v) is 6.17. The second kappa shape index (κ2) is 12.9. The van der Waals surface area contributed by atoms with E-state index in [9.17, 15) is 9.59 Å². The van der Waals surface area contributed by atoms with Gasteiger partial charge in [-0.15, -0.1) is 0 Å². The van der Waals surface area contributed by atoms with Crippen molar-refractivity contribution in [3.63, 3.8) is 0 Å². The Bertz CT molecular complexity index is 1810. The van der Waals surface area contributed by atoms with Gasteiger partial charge in [-0.25, -0.2) is 9.79 Å². The highest BCUT2D eigenvalue weighted by molar-refractivity contribution is 9.10. The van der Waals surface area contributed by atoms with Gasteiger partial charge in [0.05, 0.1) is 41.2 Å². The van der Waals surface area contributed by atoms with Crippen molar-refractivity contribution in [2.75, 3.05) is 13.2 Å². The van der Waals surface area contributed by atoms with Gasteiger partial charge in [0, 0.05) is 15.6 Å². The van der Waals surface area contributed by atoms with Gasteiger partial charge >= 0.3 is 5.97 Å². The third-order valence-corrected chi connectivity index (χ3v) is 7.98. The number of ether oxygens (including phenoxy) is 3. The molecular formula is C33H31BrN2O5S. The maximum atomic E-state index is 14.2. The number of hydrogen-bond acceptors (Lipinski definition) is 7. The molecular weight excluding hydrogens is 616 g/mol. The summed E-state index contributed by atoms with van der Waals surface area (Å²) in [5, 5.41) is 0. The Morgan fingerprint density at radius 2 is 1.79 bits per heavy atom. The van der Waals surface area contributed by atoms with Crippen molar-refractivity contribution in [2.45, 2.75) is 39.8 Å².